The van der Waals surface area contributed by atoms with E-state index in [2.05, 4.69) is 15.3 Å². The average molecular weight is 225 g/mol. The van der Waals surface area contributed by atoms with E-state index in [-0.39, 0.29) is 5.91 Å². The topological polar surface area (TPSA) is 54.9 Å². The van der Waals surface area contributed by atoms with Gasteiger partial charge in [0.15, 0.2) is 5.01 Å². The molecule has 0 saturated carbocycles. The largest absolute Gasteiger partial charge is 0.343 e. The SMILES string of the molecule is O=C(NCc1nccs1)c1nccs1. The van der Waals surface area contributed by atoms with Crippen LogP contribution in [0.25, 0.3) is 0 Å². The first-order valence-corrected chi connectivity index (χ1v) is 5.68. The van der Waals surface area contributed by atoms with Crippen molar-refractivity contribution in [3.63, 3.8) is 0 Å². The molecule has 0 atom stereocenters. The highest BCUT2D eigenvalue weighted by atomic mass is 32.1. The fourth-order valence-corrected chi connectivity index (χ4v) is 2.01. The van der Waals surface area contributed by atoms with Gasteiger partial charge in [-0.05, 0) is 0 Å². The molecule has 2 rings (SSSR count). The van der Waals surface area contributed by atoms with Crippen molar-refractivity contribution in [2.45, 2.75) is 6.54 Å². The lowest BCUT2D eigenvalue weighted by Crippen LogP contribution is -2.22. The Morgan fingerprint density at radius 3 is 2.71 bits per heavy atom. The third kappa shape index (κ3) is 2.15. The van der Waals surface area contributed by atoms with E-state index in [1.165, 1.54) is 22.7 Å². The molecule has 14 heavy (non-hydrogen) atoms. The third-order valence-electron chi connectivity index (χ3n) is 1.51. The predicted molar refractivity (Wildman–Crippen MR) is 55.4 cm³/mol. The van der Waals surface area contributed by atoms with E-state index in [0.717, 1.165) is 5.01 Å². The second-order valence-electron chi connectivity index (χ2n) is 2.45. The summed E-state index contributed by atoms with van der Waals surface area (Å²) < 4.78 is 0. The van der Waals surface area contributed by atoms with E-state index in [1.807, 2.05) is 5.38 Å². The molecule has 4 nitrogen and oxygen atoms in total. The smallest absolute Gasteiger partial charge is 0.280 e. The molecule has 1 N–H and O–H groups in total. The van der Waals surface area contributed by atoms with E-state index in [0.29, 0.717) is 11.6 Å². The molecule has 0 spiro atoms. The standard InChI is InChI=1S/C8H7N3OS2/c12-7(8-10-2-4-14-8)11-5-6-9-1-3-13-6/h1-4H,5H2,(H,11,12). The maximum Gasteiger partial charge on any atom is 0.280 e. The zero-order valence-electron chi connectivity index (χ0n) is 7.14. The van der Waals surface area contributed by atoms with Crippen LogP contribution in [0.3, 0.4) is 0 Å². The molecule has 2 aromatic rings. The van der Waals surface area contributed by atoms with Crippen LogP contribution in [0, 0.1) is 0 Å². The number of thiazole rings is 2. The fraction of sp³-hybridized carbons (Fsp3) is 0.125. The Kier molecular flexibility index (Phi) is 2.85. The fourth-order valence-electron chi connectivity index (χ4n) is 0.907. The summed E-state index contributed by atoms with van der Waals surface area (Å²) in [6.07, 6.45) is 3.33. The van der Waals surface area contributed by atoms with Crippen LogP contribution in [0.2, 0.25) is 0 Å². The quantitative estimate of drug-likeness (QED) is 0.861. The highest BCUT2D eigenvalue weighted by Gasteiger charge is 2.07. The number of rotatable bonds is 3. The zero-order chi connectivity index (χ0) is 9.80. The maximum absolute atomic E-state index is 11.4. The molecule has 0 radical (unpaired) electrons. The van der Waals surface area contributed by atoms with Crippen molar-refractivity contribution in [2.75, 3.05) is 0 Å². The van der Waals surface area contributed by atoms with Crippen LogP contribution in [0.1, 0.15) is 14.8 Å². The van der Waals surface area contributed by atoms with Gasteiger partial charge in [0.05, 0.1) is 6.54 Å². The summed E-state index contributed by atoms with van der Waals surface area (Å²) in [7, 11) is 0. The Hall–Kier alpha value is -1.27. The first-order valence-electron chi connectivity index (χ1n) is 3.92. The molecule has 1 amide bonds. The summed E-state index contributed by atoms with van der Waals surface area (Å²) in [5, 5.41) is 7.79. The minimum atomic E-state index is -0.143. The van der Waals surface area contributed by atoms with Gasteiger partial charge in [-0.2, -0.15) is 0 Å². The highest BCUT2D eigenvalue weighted by molar-refractivity contribution is 7.11. The van der Waals surface area contributed by atoms with Gasteiger partial charge >= 0.3 is 0 Å². The number of carbonyl (C=O) groups excluding carboxylic acids is 1. The average Bonchev–Trinajstić information content (AvgIpc) is 2.87. The molecule has 0 unspecified atom stereocenters. The van der Waals surface area contributed by atoms with Crippen molar-refractivity contribution in [3.8, 4) is 0 Å². The van der Waals surface area contributed by atoms with Crippen LogP contribution in [0.4, 0.5) is 0 Å². The summed E-state index contributed by atoms with van der Waals surface area (Å²) in [5.74, 6) is -0.143. The summed E-state index contributed by atoms with van der Waals surface area (Å²) in [4.78, 5) is 19.4. The first kappa shape index (κ1) is 9.29. The van der Waals surface area contributed by atoms with Crippen LogP contribution in [-0.4, -0.2) is 15.9 Å². The Labute approximate surface area is 88.6 Å². The Balaban J connectivity index is 1.90. The van der Waals surface area contributed by atoms with Gasteiger partial charge in [-0.25, -0.2) is 9.97 Å². The Morgan fingerprint density at radius 2 is 2.07 bits per heavy atom. The third-order valence-corrected chi connectivity index (χ3v) is 3.06. The molecule has 2 aromatic heterocycles. The van der Waals surface area contributed by atoms with Gasteiger partial charge < -0.3 is 5.32 Å². The predicted octanol–water partition coefficient (Wildman–Crippen LogP) is 1.53. The molecule has 0 bridgehead atoms. The van der Waals surface area contributed by atoms with Gasteiger partial charge in [0.1, 0.15) is 5.01 Å². The monoisotopic (exact) mass is 225 g/mol. The van der Waals surface area contributed by atoms with Crippen LogP contribution in [0.5, 0.6) is 0 Å². The molecule has 0 aliphatic carbocycles. The summed E-state index contributed by atoms with van der Waals surface area (Å²) in [6.45, 7) is 0.468. The van der Waals surface area contributed by atoms with E-state index in [1.54, 1.807) is 17.8 Å². The van der Waals surface area contributed by atoms with Crippen LogP contribution < -0.4 is 5.32 Å². The van der Waals surface area contributed by atoms with Crippen molar-refractivity contribution in [1.82, 2.24) is 15.3 Å². The minimum Gasteiger partial charge on any atom is -0.343 e. The summed E-state index contributed by atoms with van der Waals surface area (Å²) in [5.41, 5.74) is 0. The zero-order valence-corrected chi connectivity index (χ0v) is 8.77. The van der Waals surface area contributed by atoms with Crippen LogP contribution in [-0.2, 0) is 6.54 Å². The molecule has 0 aliphatic heterocycles. The normalized spacial score (nSPS) is 10.0. The molecule has 0 saturated heterocycles. The maximum atomic E-state index is 11.4. The number of nitrogens with one attached hydrogen (secondary N) is 1. The molecule has 6 heteroatoms. The number of hydrogen-bond acceptors (Lipinski definition) is 5. The molecule has 2 heterocycles. The van der Waals surface area contributed by atoms with E-state index < -0.39 is 0 Å². The molecule has 0 fully saturated rings. The summed E-state index contributed by atoms with van der Waals surface area (Å²) >= 11 is 2.85. The van der Waals surface area contributed by atoms with Gasteiger partial charge in [-0.3, -0.25) is 4.79 Å². The van der Waals surface area contributed by atoms with Crippen LogP contribution >= 0.6 is 22.7 Å². The van der Waals surface area contributed by atoms with Gasteiger partial charge in [0.25, 0.3) is 5.91 Å². The lowest BCUT2D eigenvalue weighted by molar-refractivity contribution is 0.0950. The number of nitrogens with zero attached hydrogens (tertiary/aromatic N) is 2. The van der Waals surface area contributed by atoms with Gasteiger partial charge in [0.2, 0.25) is 0 Å². The summed E-state index contributed by atoms with van der Waals surface area (Å²) in [6, 6.07) is 0. The van der Waals surface area contributed by atoms with Crippen molar-refractivity contribution in [3.05, 3.63) is 33.2 Å². The lowest BCUT2D eigenvalue weighted by atomic mass is 10.5. The van der Waals surface area contributed by atoms with Crippen molar-refractivity contribution in [2.24, 2.45) is 0 Å². The molecular formula is C8H7N3OS2. The Bertz CT molecular complexity index is 396. The van der Waals surface area contributed by atoms with Gasteiger partial charge in [0, 0.05) is 23.2 Å². The number of hydrogen-bond donors (Lipinski definition) is 1. The highest BCUT2D eigenvalue weighted by Crippen LogP contribution is 2.06. The lowest BCUT2D eigenvalue weighted by Gasteiger charge is -1.98. The number of aromatic nitrogens is 2. The van der Waals surface area contributed by atoms with Crippen molar-refractivity contribution < 1.29 is 4.79 Å². The van der Waals surface area contributed by atoms with Gasteiger partial charge in [-0.15, -0.1) is 22.7 Å². The van der Waals surface area contributed by atoms with E-state index >= 15 is 0 Å². The number of carbonyl (C=O) groups is 1. The van der Waals surface area contributed by atoms with Gasteiger partial charge in [-0.1, -0.05) is 0 Å². The molecular weight excluding hydrogens is 218 g/mol. The molecule has 0 aliphatic rings. The van der Waals surface area contributed by atoms with E-state index in [9.17, 15) is 4.79 Å². The Morgan fingerprint density at radius 1 is 1.29 bits per heavy atom. The van der Waals surface area contributed by atoms with Crippen molar-refractivity contribution in [1.29, 1.82) is 0 Å². The van der Waals surface area contributed by atoms with Crippen LogP contribution in [0.15, 0.2) is 23.2 Å². The minimum absolute atomic E-state index is 0.143. The second-order valence-corrected chi connectivity index (χ2v) is 4.32. The molecule has 72 valence electrons. The van der Waals surface area contributed by atoms with Crippen molar-refractivity contribution >= 4 is 28.6 Å². The second kappa shape index (κ2) is 4.30. The van der Waals surface area contributed by atoms with E-state index in [4.69, 9.17) is 0 Å². The number of amides is 1. The first-order chi connectivity index (χ1) is 6.86. The molecule has 0 aromatic carbocycles.